The first-order valence-electron chi connectivity index (χ1n) is 7.42. The third-order valence-corrected chi connectivity index (χ3v) is 3.61. The Labute approximate surface area is 137 Å². The highest BCUT2D eigenvalue weighted by Crippen LogP contribution is 2.22. The average molecular weight is 325 g/mol. The van der Waals surface area contributed by atoms with Crippen LogP contribution in [0, 0.1) is 10.1 Å². The molecular formula is C16H15N5O3. The second-order valence-electron chi connectivity index (χ2n) is 5.23. The van der Waals surface area contributed by atoms with Gasteiger partial charge in [-0.15, -0.1) is 0 Å². The lowest BCUT2D eigenvalue weighted by Crippen LogP contribution is -2.26. The monoisotopic (exact) mass is 325 g/mol. The maximum atomic E-state index is 12.3. The first-order valence-corrected chi connectivity index (χ1v) is 7.42. The molecule has 3 aromatic rings. The number of nitrogens with zero attached hydrogens (tertiary/aromatic N) is 4. The molecule has 1 amide bonds. The summed E-state index contributed by atoms with van der Waals surface area (Å²) in [7, 11) is 0. The molecule has 2 aromatic heterocycles. The number of fused-ring (bicyclic) bond motifs is 1. The van der Waals surface area contributed by atoms with E-state index in [0.29, 0.717) is 11.9 Å². The fourth-order valence-electron chi connectivity index (χ4n) is 2.42. The fourth-order valence-corrected chi connectivity index (χ4v) is 2.42. The number of non-ortho nitro benzene ring substituents is 1. The molecule has 0 aliphatic carbocycles. The van der Waals surface area contributed by atoms with Gasteiger partial charge in [-0.3, -0.25) is 19.9 Å². The zero-order valence-electron chi connectivity index (χ0n) is 12.8. The Morgan fingerprint density at radius 3 is 2.92 bits per heavy atom. The molecule has 0 aliphatic heterocycles. The molecule has 1 aromatic carbocycles. The minimum atomic E-state index is -0.487. The lowest BCUT2D eigenvalue weighted by Gasteiger charge is -2.07. The van der Waals surface area contributed by atoms with E-state index in [9.17, 15) is 14.9 Å². The predicted octanol–water partition coefficient (Wildman–Crippen LogP) is 2.16. The number of nitro groups is 1. The van der Waals surface area contributed by atoms with Crippen LogP contribution in [-0.2, 0) is 6.54 Å². The Morgan fingerprint density at radius 1 is 1.29 bits per heavy atom. The van der Waals surface area contributed by atoms with Crippen LogP contribution in [0.25, 0.3) is 10.8 Å². The van der Waals surface area contributed by atoms with Crippen molar-refractivity contribution in [2.75, 3.05) is 6.54 Å². The van der Waals surface area contributed by atoms with E-state index in [-0.39, 0.29) is 17.3 Å². The Balaban J connectivity index is 1.71. The largest absolute Gasteiger partial charge is 0.351 e. The van der Waals surface area contributed by atoms with Crippen LogP contribution in [0.1, 0.15) is 16.9 Å². The van der Waals surface area contributed by atoms with Crippen LogP contribution in [0.2, 0.25) is 0 Å². The summed E-state index contributed by atoms with van der Waals surface area (Å²) in [5.41, 5.74) is 0.128. The van der Waals surface area contributed by atoms with E-state index < -0.39 is 4.92 Å². The third kappa shape index (κ3) is 3.37. The van der Waals surface area contributed by atoms with Crippen molar-refractivity contribution in [3.63, 3.8) is 0 Å². The maximum Gasteiger partial charge on any atom is 0.270 e. The standard InChI is InChI=1S/C16H15N5O3/c22-16(19-5-1-8-20-9-7-17-11-20)15-14-10-13(21(23)24)3-2-12(14)4-6-18-15/h2-4,6-7,9-11H,1,5,8H2,(H,19,22). The SMILES string of the molecule is O=C(NCCCn1ccnc1)c1nccc2ccc([N+](=O)[O-])cc12. The minimum Gasteiger partial charge on any atom is -0.351 e. The van der Waals surface area contributed by atoms with Gasteiger partial charge in [0, 0.05) is 49.2 Å². The molecule has 2 heterocycles. The van der Waals surface area contributed by atoms with Gasteiger partial charge in [0.05, 0.1) is 11.3 Å². The smallest absolute Gasteiger partial charge is 0.270 e. The number of nitro benzene ring substituents is 1. The lowest BCUT2D eigenvalue weighted by atomic mass is 10.1. The van der Waals surface area contributed by atoms with E-state index in [1.165, 1.54) is 18.3 Å². The Hall–Kier alpha value is -3.29. The van der Waals surface area contributed by atoms with Gasteiger partial charge < -0.3 is 9.88 Å². The molecule has 8 nitrogen and oxygen atoms in total. The molecule has 0 radical (unpaired) electrons. The van der Waals surface area contributed by atoms with Gasteiger partial charge >= 0.3 is 0 Å². The zero-order valence-corrected chi connectivity index (χ0v) is 12.8. The second-order valence-corrected chi connectivity index (χ2v) is 5.23. The molecule has 0 spiro atoms. The summed E-state index contributed by atoms with van der Waals surface area (Å²) in [5.74, 6) is -0.341. The number of amides is 1. The lowest BCUT2D eigenvalue weighted by molar-refractivity contribution is -0.384. The summed E-state index contributed by atoms with van der Waals surface area (Å²) >= 11 is 0. The van der Waals surface area contributed by atoms with Crippen molar-refractivity contribution >= 4 is 22.4 Å². The molecule has 0 unspecified atom stereocenters. The summed E-state index contributed by atoms with van der Waals surface area (Å²) in [6, 6.07) is 6.12. The minimum absolute atomic E-state index is 0.0651. The molecule has 1 N–H and O–H groups in total. The van der Waals surface area contributed by atoms with Crippen molar-refractivity contribution in [1.82, 2.24) is 19.9 Å². The van der Waals surface area contributed by atoms with Gasteiger partial charge in [0.15, 0.2) is 0 Å². The van der Waals surface area contributed by atoms with Gasteiger partial charge in [0.25, 0.3) is 11.6 Å². The van der Waals surface area contributed by atoms with Crippen LogP contribution < -0.4 is 5.32 Å². The van der Waals surface area contributed by atoms with Crippen molar-refractivity contribution in [3.8, 4) is 0 Å². The molecule has 3 rings (SSSR count). The summed E-state index contributed by atoms with van der Waals surface area (Å²) in [6.45, 7) is 1.22. The molecule has 0 saturated carbocycles. The number of hydrogen-bond acceptors (Lipinski definition) is 5. The third-order valence-electron chi connectivity index (χ3n) is 3.61. The first kappa shape index (κ1) is 15.6. The zero-order chi connectivity index (χ0) is 16.9. The van der Waals surface area contributed by atoms with Crippen molar-refractivity contribution in [2.24, 2.45) is 0 Å². The normalized spacial score (nSPS) is 10.7. The molecule has 8 heteroatoms. The highest BCUT2D eigenvalue weighted by Gasteiger charge is 2.14. The average Bonchev–Trinajstić information content (AvgIpc) is 3.11. The number of nitrogens with one attached hydrogen (secondary N) is 1. The van der Waals surface area contributed by atoms with E-state index in [4.69, 9.17) is 0 Å². The summed E-state index contributed by atoms with van der Waals surface area (Å²) in [6.07, 6.45) is 7.54. The van der Waals surface area contributed by atoms with E-state index in [1.807, 2.05) is 10.8 Å². The molecular weight excluding hydrogens is 310 g/mol. The van der Waals surface area contributed by atoms with E-state index in [0.717, 1.165) is 18.4 Å². The van der Waals surface area contributed by atoms with Gasteiger partial charge in [-0.2, -0.15) is 0 Å². The summed E-state index contributed by atoms with van der Waals surface area (Å²) in [4.78, 5) is 30.8. The number of imidazole rings is 1. The van der Waals surface area contributed by atoms with E-state index in [2.05, 4.69) is 15.3 Å². The van der Waals surface area contributed by atoms with Crippen LogP contribution in [0.15, 0.2) is 49.2 Å². The fraction of sp³-hybridized carbons (Fsp3) is 0.188. The van der Waals surface area contributed by atoms with Crippen molar-refractivity contribution < 1.29 is 9.72 Å². The van der Waals surface area contributed by atoms with Crippen LogP contribution in [-0.4, -0.2) is 31.9 Å². The van der Waals surface area contributed by atoms with Crippen LogP contribution >= 0.6 is 0 Å². The van der Waals surface area contributed by atoms with Crippen LogP contribution in [0.4, 0.5) is 5.69 Å². The van der Waals surface area contributed by atoms with Crippen molar-refractivity contribution in [1.29, 1.82) is 0 Å². The number of aromatic nitrogens is 3. The number of aryl methyl sites for hydroxylation is 1. The Kier molecular flexibility index (Phi) is 4.46. The molecule has 0 bridgehead atoms. The molecule has 122 valence electrons. The van der Waals surface area contributed by atoms with Crippen LogP contribution in [0.5, 0.6) is 0 Å². The maximum absolute atomic E-state index is 12.3. The van der Waals surface area contributed by atoms with Gasteiger partial charge in [-0.1, -0.05) is 0 Å². The number of carbonyl (C=O) groups excluding carboxylic acids is 1. The van der Waals surface area contributed by atoms with Crippen molar-refractivity contribution in [2.45, 2.75) is 13.0 Å². The second kappa shape index (κ2) is 6.86. The topological polar surface area (TPSA) is 103 Å². The molecule has 0 saturated heterocycles. The van der Waals surface area contributed by atoms with Gasteiger partial charge in [0.2, 0.25) is 0 Å². The van der Waals surface area contributed by atoms with E-state index in [1.54, 1.807) is 24.7 Å². The summed E-state index contributed by atoms with van der Waals surface area (Å²) < 4.78 is 1.92. The molecule has 24 heavy (non-hydrogen) atoms. The molecule has 0 aliphatic rings. The highest BCUT2D eigenvalue weighted by molar-refractivity contribution is 6.05. The number of carbonyl (C=O) groups is 1. The van der Waals surface area contributed by atoms with E-state index >= 15 is 0 Å². The summed E-state index contributed by atoms with van der Waals surface area (Å²) in [5, 5.41) is 14.9. The number of pyridine rings is 1. The highest BCUT2D eigenvalue weighted by atomic mass is 16.6. The molecule has 0 atom stereocenters. The number of benzene rings is 1. The number of hydrogen-bond donors (Lipinski definition) is 1. The Bertz CT molecular complexity index is 877. The van der Waals surface area contributed by atoms with Gasteiger partial charge in [0.1, 0.15) is 5.69 Å². The Morgan fingerprint density at radius 2 is 2.17 bits per heavy atom. The van der Waals surface area contributed by atoms with Crippen molar-refractivity contribution in [3.05, 3.63) is 65.0 Å². The van der Waals surface area contributed by atoms with Crippen LogP contribution in [0.3, 0.4) is 0 Å². The first-order chi connectivity index (χ1) is 11.6. The molecule has 0 fully saturated rings. The predicted molar refractivity (Wildman–Crippen MR) is 87.6 cm³/mol. The quantitative estimate of drug-likeness (QED) is 0.425. The van der Waals surface area contributed by atoms with Gasteiger partial charge in [-0.05, 0) is 23.9 Å². The van der Waals surface area contributed by atoms with Gasteiger partial charge in [-0.25, -0.2) is 4.98 Å². The number of rotatable bonds is 6.